The summed E-state index contributed by atoms with van der Waals surface area (Å²) < 4.78 is 32.7. The van der Waals surface area contributed by atoms with Crippen LogP contribution in [0.3, 0.4) is 0 Å². The minimum atomic E-state index is -4.22. The van der Waals surface area contributed by atoms with E-state index in [2.05, 4.69) is 15.1 Å². The third kappa shape index (κ3) is 3.47. The van der Waals surface area contributed by atoms with Crippen molar-refractivity contribution in [2.45, 2.75) is 31.1 Å². The van der Waals surface area contributed by atoms with E-state index in [0.717, 1.165) is 24.1 Å². The summed E-state index contributed by atoms with van der Waals surface area (Å²) in [5.41, 5.74) is 2.32. The highest BCUT2D eigenvalue weighted by Crippen LogP contribution is 2.16. The van der Waals surface area contributed by atoms with E-state index in [1.165, 1.54) is 16.8 Å². The molecule has 0 aliphatic heterocycles. The Bertz CT molecular complexity index is 1080. The summed E-state index contributed by atoms with van der Waals surface area (Å²) in [5, 5.41) is 4.37. The van der Waals surface area contributed by atoms with E-state index in [9.17, 15) is 13.2 Å². The summed E-state index contributed by atoms with van der Waals surface area (Å²) in [4.78, 5) is 19.4. The lowest BCUT2D eigenvalue weighted by molar-refractivity contribution is 0.483. The third-order valence-corrected chi connectivity index (χ3v) is 4.76. The molecule has 2 heterocycles. The fourth-order valence-corrected chi connectivity index (χ4v) is 3.24. The zero-order chi connectivity index (χ0) is 18.2. The molecule has 0 saturated heterocycles. The predicted octanol–water partition coefficient (Wildman–Crippen LogP) is 1.45. The molecular formula is C16H18N4O4S. The molecule has 0 unspecified atom stereocenters. The molecule has 0 aliphatic carbocycles. The summed E-state index contributed by atoms with van der Waals surface area (Å²) in [6.07, 6.45) is 1.96. The lowest BCUT2D eigenvalue weighted by atomic mass is 10.1. The highest BCUT2D eigenvalue weighted by Gasteiger charge is 2.15. The lowest BCUT2D eigenvalue weighted by Gasteiger charge is -2.04. The first-order valence-corrected chi connectivity index (χ1v) is 9.24. The van der Waals surface area contributed by atoms with Crippen LogP contribution in [0.1, 0.15) is 30.4 Å². The number of aryl methyl sites for hydroxylation is 2. The molecule has 132 valence electrons. The van der Waals surface area contributed by atoms with Gasteiger partial charge < -0.3 is 4.98 Å². The van der Waals surface area contributed by atoms with Gasteiger partial charge in [0.05, 0.1) is 10.6 Å². The standard InChI is InChI=1S/C16H18N4O4S/c1-3-4-12-14-15(20(2)19-12)16(21)18-13(17-14)9-10-5-7-11(8-6-10)25(22,23)24/h5-8H,3-4,9H2,1-2H3,(H,17,18,21)(H,22,23,24). The Labute approximate surface area is 144 Å². The molecule has 3 rings (SSSR count). The molecule has 0 radical (unpaired) electrons. The molecule has 0 fully saturated rings. The quantitative estimate of drug-likeness (QED) is 0.663. The Balaban J connectivity index is 1.99. The van der Waals surface area contributed by atoms with Crippen LogP contribution in [0.5, 0.6) is 0 Å². The molecule has 0 amide bonds. The number of hydrogen-bond donors (Lipinski definition) is 2. The van der Waals surface area contributed by atoms with Crippen LogP contribution in [0.15, 0.2) is 34.0 Å². The van der Waals surface area contributed by atoms with Crippen molar-refractivity contribution in [2.24, 2.45) is 7.05 Å². The highest BCUT2D eigenvalue weighted by molar-refractivity contribution is 7.85. The van der Waals surface area contributed by atoms with Gasteiger partial charge in [0.2, 0.25) is 0 Å². The molecule has 0 saturated carbocycles. The number of benzene rings is 1. The van der Waals surface area contributed by atoms with Crippen LogP contribution in [0.2, 0.25) is 0 Å². The van der Waals surface area contributed by atoms with E-state index >= 15 is 0 Å². The molecular weight excluding hydrogens is 344 g/mol. The molecule has 0 atom stereocenters. The number of hydrogen-bond acceptors (Lipinski definition) is 5. The second-order valence-electron chi connectivity index (χ2n) is 5.83. The van der Waals surface area contributed by atoms with Crippen molar-refractivity contribution in [3.05, 3.63) is 51.7 Å². The van der Waals surface area contributed by atoms with E-state index < -0.39 is 10.1 Å². The Kier molecular flexibility index (Phi) is 4.44. The van der Waals surface area contributed by atoms with Gasteiger partial charge in [0, 0.05) is 13.5 Å². The average Bonchev–Trinajstić information content (AvgIpc) is 2.84. The Morgan fingerprint density at radius 3 is 2.52 bits per heavy atom. The van der Waals surface area contributed by atoms with Crippen LogP contribution in [0.25, 0.3) is 11.0 Å². The van der Waals surface area contributed by atoms with E-state index in [1.54, 1.807) is 19.2 Å². The van der Waals surface area contributed by atoms with Crippen molar-refractivity contribution < 1.29 is 13.0 Å². The van der Waals surface area contributed by atoms with Crippen molar-refractivity contribution in [2.75, 3.05) is 0 Å². The number of fused-ring (bicyclic) bond motifs is 1. The molecule has 0 aliphatic rings. The maximum absolute atomic E-state index is 12.3. The van der Waals surface area contributed by atoms with E-state index in [4.69, 9.17) is 4.55 Å². The highest BCUT2D eigenvalue weighted by atomic mass is 32.2. The molecule has 9 heteroatoms. The summed E-state index contributed by atoms with van der Waals surface area (Å²) in [6.45, 7) is 2.03. The fourth-order valence-electron chi connectivity index (χ4n) is 2.76. The molecule has 25 heavy (non-hydrogen) atoms. The molecule has 3 aromatic rings. The smallest absolute Gasteiger partial charge is 0.294 e. The second kappa shape index (κ2) is 6.41. The van der Waals surface area contributed by atoms with Crippen LogP contribution >= 0.6 is 0 Å². The van der Waals surface area contributed by atoms with Gasteiger partial charge in [0.15, 0.2) is 5.52 Å². The zero-order valence-corrected chi connectivity index (χ0v) is 14.7. The summed E-state index contributed by atoms with van der Waals surface area (Å²) in [5.74, 6) is 0.474. The second-order valence-corrected chi connectivity index (χ2v) is 7.25. The number of aromatic amines is 1. The van der Waals surface area contributed by atoms with Crippen molar-refractivity contribution in [1.82, 2.24) is 19.7 Å². The summed E-state index contributed by atoms with van der Waals surface area (Å²) >= 11 is 0. The number of rotatable bonds is 5. The number of nitrogens with zero attached hydrogens (tertiary/aromatic N) is 3. The minimum absolute atomic E-state index is 0.175. The molecule has 1 aromatic carbocycles. The van der Waals surface area contributed by atoms with E-state index in [0.29, 0.717) is 23.3 Å². The van der Waals surface area contributed by atoms with Crippen LogP contribution in [0.4, 0.5) is 0 Å². The van der Waals surface area contributed by atoms with Crippen molar-refractivity contribution >= 4 is 21.2 Å². The molecule has 0 bridgehead atoms. The number of nitrogens with one attached hydrogen (secondary N) is 1. The Hall–Kier alpha value is -2.52. The third-order valence-electron chi connectivity index (χ3n) is 3.89. The molecule has 2 N–H and O–H groups in total. The van der Waals surface area contributed by atoms with Crippen LogP contribution < -0.4 is 5.56 Å². The van der Waals surface area contributed by atoms with Gasteiger partial charge in [0.25, 0.3) is 15.7 Å². The van der Waals surface area contributed by atoms with Crippen LogP contribution in [0, 0.1) is 0 Å². The van der Waals surface area contributed by atoms with Crippen molar-refractivity contribution in [3.63, 3.8) is 0 Å². The van der Waals surface area contributed by atoms with E-state index in [1.807, 2.05) is 6.92 Å². The van der Waals surface area contributed by atoms with Crippen LogP contribution in [-0.4, -0.2) is 32.7 Å². The Morgan fingerprint density at radius 1 is 1.24 bits per heavy atom. The first-order valence-electron chi connectivity index (χ1n) is 7.80. The predicted molar refractivity (Wildman–Crippen MR) is 92.2 cm³/mol. The molecule has 2 aromatic heterocycles. The largest absolute Gasteiger partial charge is 0.308 e. The number of H-pyrrole nitrogens is 1. The monoisotopic (exact) mass is 362 g/mol. The number of aromatic nitrogens is 4. The zero-order valence-electron chi connectivity index (χ0n) is 13.9. The van der Waals surface area contributed by atoms with E-state index in [-0.39, 0.29) is 10.5 Å². The minimum Gasteiger partial charge on any atom is -0.308 e. The first kappa shape index (κ1) is 17.3. The topological polar surface area (TPSA) is 118 Å². The Morgan fingerprint density at radius 2 is 1.92 bits per heavy atom. The van der Waals surface area contributed by atoms with Gasteiger partial charge in [-0.05, 0) is 24.1 Å². The maximum Gasteiger partial charge on any atom is 0.294 e. The van der Waals surface area contributed by atoms with Crippen LogP contribution in [-0.2, 0) is 30.0 Å². The first-order chi connectivity index (χ1) is 11.8. The van der Waals surface area contributed by atoms with Gasteiger partial charge in [-0.3, -0.25) is 14.0 Å². The van der Waals surface area contributed by atoms with Gasteiger partial charge in [-0.25, -0.2) is 4.98 Å². The van der Waals surface area contributed by atoms with Crippen molar-refractivity contribution in [1.29, 1.82) is 0 Å². The normalized spacial score (nSPS) is 12.0. The lowest BCUT2D eigenvalue weighted by Crippen LogP contribution is -2.14. The maximum atomic E-state index is 12.3. The van der Waals surface area contributed by atoms with Gasteiger partial charge in [-0.2, -0.15) is 13.5 Å². The summed E-state index contributed by atoms with van der Waals surface area (Å²) in [7, 11) is -2.51. The average molecular weight is 362 g/mol. The van der Waals surface area contributed by atoms with Gasteiger partial charge in [0.1, 0.15) is 11.3 Å². The fraction of sp³-hybridized carbons (Fsp3) is 0.312. The molecule has 8 nitrogen and oxygen atoms in total. The van der Waals surface area contributed by atoms with Gasteiger partial charge in [-0.1, -0.05) is 25.5 Å². The summed E-state index contributed by atoms with van der Waals surface area (Å²) in [6, 6.07) is 5.77. The van der Waals surface area contributed by atoms with Crippen molar-refractivity contribution in [3.8, 4) is 0 Å². The van der Waals surface area contributed by atoms with Gasteiger partial charge >= 0.3 is 0 Å². The van der Waals surface area contributed by atoms with Gasteiger partial charge in [-0.15, -0.1) is 0 Å². The SMILES string of the molecule is CCCc1nn(C)c2c(=O)[nH]c(Cc3ccc(S(=O)(=O)O)cc3)nc12. The molecule has 0 spiro atoms.